The monoisotopic (exact) mass is 865 g/mol. The molecule has 6 rings (SSSR count). The third-order valence-corrected chi connectivity index (χ3v) is 11.6. The number of nitrogens with one attached hydrogen (secondary N) is 4. The first kappa shape index (κ1) is 45.8. The van der Waals surface area contributed by atoms with Crippen molar-refractivity contribution < 1.29 is 42.6 Å². The number of amides is 6. The lowest BCUT2D eigenvalue weighted by Crippen LogP contribution is -2.54. The number of halogens is 1. The summed E-state index contributed by atoms with van der Waals surface area (Å²) in [5, 5.41) is 11.1. The number of alkyl carbamates (subject to hydrolysis) is 2. The van der Waals surface area contributed by atoms with Crippen molar-refractivity contribution in [3.8, 4) is 28.2 Å². The predicted octanol–water partition coefficient (Wildman–Crippen LogP) is 6.88. The molecule has 4 aromatic rings. The van der Waals surface area contributed by atoms with Gasteiger partial charge in [0.2, 0.25) is 23.6 Å². The summed E-state index contributed by atoms with van der Waals surface area (Å²) in [6, 6.07) is 20.1. The summed E-state index contributed by atoms with van der Waals surface area (Å²) in [5.41, 5.74) is 5.75. The maximum absolute atomic E-state index is 14.4. The van der Waals surface area contributed by atoms with Gasteiger partial charge in [-0.1, -0.05) is 52.0 Å². The fraction of sp³-hybridized carbons (Fsp3) is 0.404. The van der Waals surface area contributed by atoms with Crippen molar-refractivity contribution in [3.05, 3.63) is 90.2 Å². The van der Waals surface area contributed by atoms with Gasteiger partial charge in [-0.25, -0.2) is 14.0 Å². The number of carbonyl (C=O) groups excluding carboxylic acids is 6. The molecule has 0 saturated carbocycles. The molecule has 334 valence electrons. The van der Waals surface area contributed by atoms with E-state index in [4.69, 9.17) is 9.47 Å². The van der Waals surface area contributed by atoms with E-state index in [1.165, 1.54) is 36.2 Å². The van der Waals surface area contributed by atoms with Gasteiger partial charge in [-0.15, -0.1) is 0 Å². The minimum Gasteiger partial charge on any atom is -0.453 e. The summed E-state index contributed by atoms with van der Waals surface area (Å²) in [5.74, 6) is -2.16. The maximum atomic E-state index is 14.4. The van der Waals surface area contributed by atoms with Crippen molar-refractivity contribution in [1.29, 1.82) is 0 Å². The van der Waals surface area contributed by atoms with E-state index in [9.17, 15) is 33.2 Å². The van der Waals surface area contributed by atoms with Crippen molar-refractivity contribution >= 4 is 47.2 Å². The highest BCUT2D eigenvalue weighted by atomic mass is 19.1. The lowest BCUT2D eigenvalue weighted by atomic mass is 10.0. The first-order valence-corrected chi connectivity index (χ1v) is 21.2. The maximum Gasteiger partial charge on any atom is 0.407 e. The summed E-state index contributed by atoms with van der Waals surface area (Å²) < 4.78 is 25.9. The molecule has 2 aliphatic rings. The van der Waals surface area contributed by atoms with Crippen molar-refractivity contribution in [2.45, 2.75) is 84.5 Å². The summed E-state index contributed by atoms with van der Waals surface area (Å²) >= 11 is 0. The highest BCUT2D eigenvalue weighted by Gasteiger charge is 2.40. The molecule has 15 nitrogen and oxygen atoms in total. The number of hydrogen-bond acceptors (Lipinski definition) is 8. The van der Waals surface area contributed by atoms with Crippen LogP contribution in [0.1, 0.15) is 58.9 Å². The van der Waals surface area contributed by atoms with Crippen LogP contribution in [0.4, 0.5) is 25.4 Å². The van der Waals surface area contributed by atoms with Crippen LogP contribution in [0.2, 0.25) is 0 Å². The fourth-order valence-corrected chi connectivity index (χ4v) is 8.28. The number of benzene rings is 3. The normalized spacial score (nSPS) is 17.0. The summed E-state index contributed by atoms with van der Waals surface area (Å²) in [4.78, 5) is 81.2. The molecule has 0 radical (unpaired) electrons. The van der Waals surface area contributed by atoms with E-state index in [0.29, 0.717) is 55.7 Å². The molecule has 4 N–H and O–H groups in total. The Morgan fingerprint density at radius 3 is 1.40 bits per heavy atom. The predicted molar refractivity (Wildman–Crippen MR) is 236 cm³/mol. The van der Waals surface area contributed by atoms with Gasteiger partial charge in [-0.3, -0.25) is 19.2 Å². The third kappa shape index (κ3) is 10.3. The molecule has 63 heavy (non-hydrogen) atoms. The van der Waals surface area contributed by atoms with Gasteiger partial charge >= 0.3 is 12.2 Å². The number of likely N-dealkylation sites (tertiary alicyclic amines) is 2. The lowest BCUT2D eigenvalue weighted by molar-refractivity contribution is -0.139. The Morgan fingerprint density at radius 2 is 1.03 bits per heavy atom. The highest BCUT2D eigenvalue weighted by Crippen LogP contribution is 2.35. The standard InChI is InChI=1S/C47H56FN7O8/c1-27(2)40(51-46(60)62-6)44(58)53-24-8-10-38(53)42(56)49-33-17-12-30(13-18-33)36-22-23-37(55(36)35-21-16-32(48)26-29(35)5)31-14-19-34(20-15-31)50-43(57)39-11-9-25-54(39)45(59)41(28(3)4)52-47(61)63-7/h12-23,26-28,38-41H,8-11,24-25H2,1-7H3,(H,49,56)(H,50,57)(H,51,60)(H,52,61)/t38-,39-,40-,41-/m0/s1. The molecule has 2 aliphatic heterocycles. The Kier molecular flexibility index (Phi) is 14.5. The van der Waals surface area contributed by atoms with E-state index in [0.717, 1.165) is 28.2 Å². The molecule has 1 aromatic heterocycles. The summed E-state index contributed by atoms with van der Waals surface area (Å²) in [6.07, 6.45) is 0.818. The van der Waals surface area contributed by atoms with Gasteiger partial charge in [0.15, 0.2) is 0 Å². The molecule has 3 heterocycles. The van der Waals surface area contributed by atoms with E-state index in [-0.39, 0.29) is 41.3 Å². The zero-order valence-corrected chi connectivity index (χ0v) is 36.7. The number of aromatic nitrogens is 1. The lowest BCUT2D eigenvalue weighted by Gasteiger charge is -2.30. The Morgan fingerprint density at radius 1 is 0.619 bits per heavy atom. The minimum atomic E-state index is -0.843. The number of aryl methyl sites for hydroxylation is 1. The van der Waals surface area contributed by atoms with Gasteiger partial charge in [-0.2, -0.15) is 0 Å². The quantitative estimate of drug-likeness (QED) is 0.112. The molecule has 2 saturated heterocycles. The van der Waals surface area contributed by atoms with Gasteiger partial charge in [0, 0.05) is 30.2 Å². The first-order chi connectivity index (χ1) is 30.1. The average Bonchev–Trinajstić information content (AvgIpc) is 4.06. The molecule has 0 unspecified atom stereocenters. The second kappa shape index (κ2) is 20.0. The Labute approximate surface area is 366 Å². The van der Waals surface area contributed by atoms with Gasteiger partial charge in [-0.05, 0) is 116 Å². The zero-order valence-electron chi connectivity index (χ0n) is 36.7. The fourth-order valence-electron chi connectivity index (χ4n) is 8.28. The van der Waals surface area contributed by atoms with Crippen LogP contribution in [0, 0.1) is 24.6 Å². The van der Waals surface area contributed by atoms with Crippen molar-refractivity contribution in [2.75, 3.05) is 37.9 Å². The summed E-state index contributed by atoms with van der Waals surface area (Å²) in [7, 11) is 2.46. The number of methoxy groups -OCH3 is 2. The molecule has 0 bridgehead atoms. The van der Waals surface area contributed by atoms with Gasteiger partial charge in [0.1, 0.15) is 30.0 Å². The van der Waals surface area contributed by atoms with Crippen molar-refractivity contribution in [2.24, 2.45) is 11.8 Å². The second-order valence-corrected chi connectivity index (χ2v) is 16.6. The van der Waals surface area contributed by atoms with Crippen LogP contribution < -0.4 is 21.3 Å². The average molecular weight is 866 g/mol. The van der Waals surface area contributed by atoms with Crippen molar-refractivity contribution in [1.82, 2.24) is 25.0 Å². The number of carbonyl (C=O) groups is 6. The van der Waals surface area contributed by atoms with E-state index >= 15 is 0 Å². The van der Waals surface area contributed by atoms with E-state index in [1.54, 1.807) is 30.3 Å². The van der Waals surface area contributed by atoms with Crippen LogP contribution in [-0.2, 0) is 28.7 Å². The van der Waals surface area contributed by atoms with E-state index in [2.05, 4.69) is 21.3 Å². The van der Waals surface area contributed by atoms with E-state index in [1.807, 2.05) is 75.6 Å². The van der Waals surface area contributed by atoms with Gasteiger partial charge in [0.05, 0.1) is 25.6 Å². The van der Waals surface area contributed by atoms with Crippen molar-refractivity contribution in [3.63, 3.8) is 0 Å². The molecule has 4 atom stereocenters. The Balaban J connectivity index is 1.20. The van der Waals surface area contributed by atoms with Crippen LogP contribution in [0.15, 0.2) is 78.9 Å². The van der Waals surface area contributed by atoms with Gasteiger partial charge in [0.25, 0.3) is 0 Å². The second-order valence-electron chi connectivity index (χ2n) is 16.6. The number of anilines is 2. The molecule has 3 aromatic carbocycles. The summed E-state index contributed by atoms with van der Waals surface area (Å²) in [6.45, 7) is 9.88. The minimum absolute atomic E-state index is 0.227. The molecule has 0 spiro atoms. The van der Waals surface area contributed by atoms with E-state index < -0.39 is 36.4 Å². The van der Waals surface area contributed by atoms with Crippen LogP contribution in [0.25, 0.3) is 28.2 Å². The molecule has 16 heteroatoms. The highest BCUT2D eigenvalue weighted by molar-refractivity contribution is 6.00. The molecule has 6 amide bonds. The topological polar surface area (TPSA) is 180 Å². The molecule has 2 fully saturated rings. The SMILES string of the molecule is COC(=O)N[C@H](C(=O)N1CCC[C@H]1C(=O)Nc1ccc(-c2ccc(-c3ccc(NC(=O)[C@@H]4CCCN4C(=O)[C@@H](NC(=O)OC)C(C)C)cc3)n2-c2ccc(F)cc2C)cc1)C(C)C. The van der Waals surface area contributed by atoms with Crippen LogP contribution >= 0.6 is 0 Å². The Bertz CT molecular complexity index is 2190. The largest absolute Gasteiger partial charge is 0.453 e. The van der Waals surface area contributed by atoms with Crippen LogP contribution in [-0.4, -0.2) is 102 Å². The third-order valence-electron chi connectivity index (χ3n) is 11.6. The Hall–Kier alpha value is -6.71. The van der Waals surface area contributed by atoms with Gasteiger partial charge < -0.3 is 45.1 Å². The van der Waals surface area contributed by atoms with Crippen LogP contribution in [0.5, 0.6) is 0 Å². The number of nitrogens with zero attached hydrogens (tertiary/aromatic N) is 3. The van der Waals surface area contributed by atoms with Crippen LogP contribution in [0.3, 0.4) is 0 Å². The number of ether oxygens (including phenoxy) is 2. The number of rotatable bonds is 13. The first-order valence-electron chi connectivity index (χ1n) is 21.2. The zero-order chi connectivity index (χ0) is 45.5. The molecule has 0 aliphatic carbocycles. The molecular weight excluding hydrogens is 810 g/mol. The molecular formula is C47H56FN7O8. The number of hydrogen-bond donors (Lipinski definition) is 4. The smallest absolute Gasteiger partial charge is 0.407 e.